The van der Waals surface area contributed by atoms with Gasteiger partial charge in [-0.25, -0.2) is 0 Å². The molecule has 0 bridgehead atoms. The third-order valence-corrected chi connectivity index (χ3v) is 1.98. The lowest BCUT2D eigenvalue weighted by Crippen LogP contribution is -2.00. The normalized spacial score (nSPS) is 10.1. The molecule has 1 heterocycles. The summed E-state index contributed by atoms with van der Waals surface area (Å²) >= 11 is 0. The van der Waals surface area contributed by atoms with E-state index >= 15 is 0 Å². The summed E-state index contributed by atoms with van der Waals surface area (Å²) in [4.78, 5) is 8.46. The van der Waals surface area contributed by atoms with Crippen molar-refractivity contribution in [3.05, 3.63) is 48.4 Å². The summed E-state index contributed by atoms with van der Waals surface area (Å²) in [6, 6.07) is 9.95. The van der Waals surface area contributed by atoms with Crippen LogP contribution in [0.3, 0.4) is 0 Å². The highest BCUT2D eigenvalue weighted by Crippen LogP contribution is 2.14. The highest BCUT2D eigenvalue weighted by Gasteiger charge is 1.98. The van der Waals surface area contributed by atoms with Crippen LogP contribution >= 0.6 is 0 Å². The molecule has 14 heavy (non-hydrogen) atoms. The van der Waals surface area contributed by atoms with Crippen molar-refractivity contribution in [3.63, 3.8) is 0 Å². The Kier molecular flexibility index (Phi) is 2.51. The molecule has 0 aliphatic carbocycles. The van der Waals surface area contributed by atoms with Gasteiger partial charge in [-0.15, -0.1) is 0 Å². The predicted octanol–water partition coefficient (Wildman–Crippen LogP) is 1.60. The predicted molar refractivity (Wildman–Crippen MR) is 55.4 cm³/mol. The summed E-state index contributed by atoms with van der Waals surface area (Å²) in [7, 11) is 0. The minimum atomic E-state index is 0.433. The highest BCUT2D eigenvalue weighted by molar-refractivity contribution is 5.57. The first-order chi connectivity index (χ1) is 6.90. The molecule has 3 nitrogen and oxygen atoms in total. The summed E-state index contributed by atoms with van der Waals surface area (Å²) in [6.45, 7) is 0.433. The molecule has 0 atom stereocenters. The standard InChI is InChI=1S/C11H11N3/c12-6-10-7-14-11(8-13-10)9-4-2-1-3-5-9/h1-5,7-8H,6,12H2. The first-order valence-corrected chi connectivity index (χ1v) is 4.46. The van der Waals surface area contributed by atoms with Crippen molar-refractivity contribution in [2.75, 3.05) is 0 Å². The van der Waals surface area contributed by atoms with Crippen molar-refractivity contribution in [2.24, 2.45) is 5.73 Å². The van der Waals surface area contributed by atoms with Gasteiger partial charge in [0.15, 0.2) is 0 Å². The van der Waals surface area contributed by atoms with E-state index in [9.17, 15) is 0 Å². The summed E-state index contributed by atoms with van der Waals surface area (Å²) in [5.74, 6) is 0. The minimum absolute atomic E-state index is 0.433. The Morgan fingerprint density at radius 3 is 2.36 bits per heavy atom. The largest absolute Gasteiger partial charge is 0.325 e. The van der Waals surface area contributed by atoms with Crippen molar-refractivity contribution in [1.29, 1.82) is 0 Å². The molecule has 3 heteroatoms. The molecule has 0 radical (unpaired) electrons. The number of benzene rings is 1. The Hall–Kier alpha value is -1.74. The van der Waals surface area contributed by atoms with Crippen LogP contribution in [0, 0.1) is 0 Å². The SMILES string of the molecule is NCc1cnc(-c2ccccc2)cn1. The maximum absolute atomic E-state index is 5.44. The van der Waals surface area contributed by atoms with Gasteiger partial charge in [-0.2, -0.15) is 0 Å². The van der Waals surface area contributed by atoms with E-state index in [1.807, 2.05) is 30.3 Å². The molecule has 0 saturated carbocycles. The molecule has 70 valence electrons. The van der Waals surface area contributed by atoms with Crippen molar-refractivity contribution in [3.8, 4) is 11.3 Å². The van der Waals surface area contributed by atoms with Gasteiger partial charge in [0.05, 0.1) is 23.8 Å². The van der Waals surface area contributed by atoms with E-state index in [0.717, 1.165) is 17.0 Å². The van der Waals surface area contributed by atoms with Crippen LogP contribution in [-0.2, 0) is 6.54 Å². The number of nitrogens with two attached hydrogens (primary N) is 1. The molecule has 0 aliphatic heterocycles. The van der Waals surface area contributed by atoms with Gasteiger partial charge in [-0.1, -0.05) is 30.3 Å². The molecule has 0 saturated heterocycles. The van der Waals surface area contributed by atoms with Gasteiger partial charge >= 0.3 is 0 Å². The molecular weight excluding hydrogens is 174 g/mol. The lowest BCUT2D eigenvalue weighted by Gasteiger charge is -2.00. The van der Waals surface area contributed by atoms with E-state index in [1.54, 1.807) is 12.4 Å². The monoisotopic (exact) mass is 185 g/mol. The zero-order chi connectivity index (χ0) is 9.80. The topological polar surface area (TPSA) is 51.8 Å². The third-order valence-electron chi connectivity index (χ3n) is 1.98. The zero-order valence-corrected chi connectivity index (χ0v) is 7.72. The fraction of sp³-hybridized carbons (Fsp3) is 0.0909. The molecule has 1 aromatic heterocycles. The lowest BCUT2D eigenvalue weighted by molar-refractivity contribution is 0.966. The summed E-state index contributed by atoms with van der Waals surface area (Å²) in [5.41, 5.74) is 8.20. The molecule has 0 fully saturated rings. The third kappa shape index (κ3) is 1.78. The number of aromatic nitrogens is 2. The summed E-state index contributed by atoms with van der Waals surface area (Å²) < 4.78 is 0. The van der Waals surface area contributed by atoms with Crippen LogP contribution in [0.2, 0.25) is 0 Å². The molecular formula is C11H11N3. The van der Waals surface area contributed by atoms with E-state index in [4.69, 9.17) is 5.73 Å². The van der Waals surface area contributed by atoms with Crippen molar-refractivity contribution < 1.29 is 0 Å². The molecule has 0 unspecified atom stereocenters. The van der Waals surface area contributed by atoms with Gasteiger partial charge in [0.1, 0.15) is 0 Å². The van der Waals surface area contributed by atoms with Gasteiger partial charge < -0.3 is 5.73 Å². The lowest BCUT2D eigenvalue weighted by atomic mass is 10.2. The Morgan fingerprint density at radius 2 is 1.79 bits per heavy atom. The fourth-order valence-electron chi connectivity index (χ4n) is 1.22. The van der Waals surface area contributed by atoms with Crippen LogP contribution in [0.15, 0.2) is 42.7 Å². The zero-order valence-electron chi connectivity index (χ0n) is 7.72. The maximum atomic E-state index is 5.44. The van der Waals surface area contributed by atoms with E-state index in [1.165, 1.54) is 0 Å². The molecule has 2 aromatic rings. The molecule has 0 aliphatic rings. The smallest absolute Gasteiger partial charge is 0.0885 e. The van der Waals surface area contributed by atoms with Crippen molar-refractivity contribution in [2.45, 2.75) is 6.54 Å². The van der Waals surface area contributed by atoms with Crippen molar-refractivity contribution in [1.82, 2.24) is 9.97 Å². The van der Waals surface area contributed by atoms with Crippen LogP contribution in [0.4, 0.5) is 0 Å². The second-order valence-electron chi connectivity index (χ2n) is 2.96. The number of hydrogen-bond donors (Lipinski definition) is 1. The Balaban J connectivity index is 2.34. The Bertz CT molecular complexity index is 395. The fourth-order valence-corrected chi connectivity index (χ4v) is 1.22. The second kappa shape index (κ2) is 3.98. The summed E-state index contributed by atoms with van der Waals surface area (Å²) in [5, 5.41) is 0. The van der Waals surface area contributed by atoms with E-state index in [-0.39, 0.29) is 0 Å². The molecule has 2 N–H and O–H groups in total. The number of rotatable bonds is 2. The second-order valence-corrected chi connectivity index (χ2v) is 2.96. The van der Waals surface area contributed by atoms with E-state index in [2.05, 4.69) is 9.97 Å². The first-order valence-electron chi connectivity index (χ1n) is 4.46. The molecule has 2 rings (SSSR count). The van der Waals surface area contributed by atoms with Gasteiger partial charge in [0.25, 0.3) is 0 Å². The molecule has 0 spiro atoms. The van der Waals surface area contributed by atoms with Crippen LogP contribution in [0.5, 0.6) is 0 Å². The van der Waals surface area contributed by atoms with Crippen molar-refractivity contribution >= 4 is 0 Å². The van der Waals surface area contributed by atoms with Crippen LogP contribution in [0.25, 0.3) is 11.3 Å². The van der Waals surface area contributed by atoms with Crippen LogP contribution in [0.1, 0.15) is 5.69 Å². The van der Waals surface area contributed by atoms with Gasteiger partial charge in [-0.3, -0.25) is 9.97 Å². The minimum Gasteiger partial charge on any atom is -0.325 e. The first kappa shape index (κ1) is 8.84. The van der Waals surface area contributed by atoms with Gasteiger partial charge in [0, 0.05) is 12.1 Å². The van der Waals surface area contributed by atoms with Crippen LogP contribution in [-0.4, -0.2) is 9.97 Å². The van der Waals surface area contributed by atoms with E-state index in [0.29, 0.717) is 6.54 Å². The Labute approximate surface area is 82.6 Å². The summed E-state index contributed by atoms with van der Waals surface area (Å²) in [6.07, 6.45) is 3.46. The maximum Gasteiger partial charge on any atom is 0.0885 e. The molecule has 1 aromatic carbocycles. The number of nitrogens with zero attached hydrogens (tertiary/aromatic N) is 2. The quantitative estimate of drug-likeness (QED) is 0.773. The average molecular weight is 185 g/mol. The number of hydrogen-bond acceptors (Lipinski definition) is 3. The molecule has 0 amide bonds. The van der Waals surface area contributed by atoms with Crippen LogP contribution < -0.4 is 5.73 Å². The van der Waals surface area contributed by atoms with Gasteiger partial charge in [0.2, 0.25) is 0 Å². The average Bonchev–Trinajstić information content (AvgIpc) is 2.30. The van der Waals surface area contributed by atoms with E-state index < -0.39 is 0 Å². The Morgan fingerprint density at radius 1 is 1.00 bits per heavy atom. The van der Waals surface area contributed by atoms with Gasteiger partial charge in [-0.05, 0) is 0 Å². The highest BCUT2D eigenvalue weighted by atomic mass is 14.8.